The number of amides is 1. The average molecular weight is 378 g/mol. The van der Waals surface area contributed by atoms with Gasteiger partial charge < -0.3 is 10.1 Å². The monoisotopic (exact) mass is 377 g/mol. The van der Waals surface area contributed by atoms with Crippen LogP contribution in [-0.4, -0.2) is 23.7 Å². The van der Waals surface area contributed by atoms with Crippen LogP contribution in [0.4, 0.5) is 0 Å². The van der Waals surface area contributed by atoms with Crippen LogP contribution in [0.2, 0.25) is 0 Å². The molecule has 0 heterocycles. The molecule has 0 radical (unpaired) electrons. The minimum atomic E-state index is -0.223. The molecule has 6 heteroatoms. The van der Waals surface area contributed by atoms with E-state index in [1.165, 1.54) is 12.8 Å². The summed E-state index contributed by atoms with van der Waals surface area (Å²) in [6.07, 6.45) is 5.72. The summed E-state index contributed by atoms with van der Waals surface area (Å²) in [5.74, 6) is 1.82. The van der Waals surface area contributed by atoms with E-state index in [2.05, 4.69) is 36.9 Å². The molecule has 1 fully saturated rings. The van der Waals surface area contributed by atoms with Gasteiger partial charge in [-0.05, 0) is 61.2 Å². The zero-order valence-corrected chi connectivity index (χ0v) is 16.8. The fourth-order valence-electron chi connectivity index (χ4n) is 3.21. The summed E-state index contributed by atoms with van der Waals surface area (Å²) >= 11 is 5.32. The van der Waals surface area contributed by atoms with Crippen LogP contribution in [0.15, 0.2) is 24.3 Å². The number of ether oxygens (including phenoxy) is 1. The SMILES string of the molecule is CCCCOc1ccc(C(=O)NNC(=S)N[C@H]2CCC[C@@H](C)[C@@H]2C)cc1. The van der Waals surface area contributed by atoms with Gasteiger partial charge in [-0.2, -0.15) is 0 Å². The van der Waals surface area contributed by atoms with E-state index in [1.54, 1.807) is 12.1 Å². The first-order valence-electron chi connectivity index (χ1n) is 9.61. The maximum Gasteiger partial charge on any atom is 0.269 e. The quantitative estimate of drug-likeness (QED) is 0.400. The first kappa shape index (κ1) is 20.5. The fraction of sp³-hybridized carbons (Fsp3) is 0.600. The second-order valence-corrected chi connectivity index (χ2v) is 7.56. The Hall–Kier alpha value is -1.82. The molecular formula is C20H31N3O2S. The molecule has 1 aliphatic carbocycles. The Kier molecular flexibility index (Phi) is 8.16. The maximum absolute atomic E-state index is 12.2. The van der Waals surface area contributed by atoms with E-state index in [-0.39, 0.29) is 5.91 Å². The summed E-state index contributed by atoms with van der Waals surface area (Å²) < 4.78 is 5.60. The molecule has 1 aromatic rings. The molecule has 0 bridgehead atoms. The van der Waals surface area contributed by atoms with Gasteiger partial charge in [0, 0.05) is 11.6 Å². The highest BCUT2D eigenvalue weighted by molar-refractivity contribution is 7.80. The highest BCUT2D eigenvalue weighted by atomic mass is 32.1. The number of hydrogen-bond acceptors (Lipinski definition) is 3. The minimum Gasteiger partial charge on any atom is -0.494 e. The third-order valence-electron chi connectivity index (χ3n) is 5.20. The van der Waals surface area contributed by atoms with Crippen molar-refractivity contribution in [2.45, 2.75) is 58.9 Å². The zero-order valence-electron chi connectivity index (χ0n) is 16.0. The van der Waals surface area contributed by atoms with E-state index in [9.17, 15) is 4.79 Å². The van der Waals surface area contributed by atoms with E-state index in [0.717, 1.165) is 25.0 Å². The van der Waals surface area contributed by atoms with Crippen molar-refractivity contribution in [2.24, 2.45) is 11.8 Å². The van der Waals surface area contributed by atoms with Crippen molar-refractivity contribution >= 4 is 23.2 Å². The van der Waals surface area contributed by atoms with Crippen molar-refractivity contribution in [3.63, 3.8) is 0 Å². The number of thiocarbonyl (C=S) groups is 1. The molecule has 3 atom stereocenters. The largest absolute Gasteiger partial charge is 0.494 e. The Morgan fingerprint density at radius 2 is 1.92 bits per heavy atom. The second kappa shape index (κ2) is 10.4. The van der Waals surface area contributed by atoms with Gasteiger partial charge in [0.15, 0.2) is 5.11 Å². The van der Waals surface area contributed by atoms with E-state index in [1.807, 2.05) is 12.1 Å². The van der Waals surface area contributed by atoms with Crippen LogP contribution in [-0.2, 0) is 0 Å². The molecule has 1 amide bonds. The molecule has 144 valence electrons. The Morgan fingerprint density at radius 3 is 2.62 bits per heavy atom. The normalized spacial score (nSPS) is 22.3. The lowest BCUT2D eigenvalue weighted by molar-refractivity contribution is 0.0943. The van der Waals surface area contributed by atoms with E-state index >= 15 is 0 Å². The summed E-state index contributed by atoms with van der Waals surface area (Å²) in [7, 11) is 0. The molecule has 0 aromatic heterocycles. The summed E-state index contributed by atoms with van der Waals surface area (Å²) in [6.45, 7) is 7.36. The molecule has 1 aromatic carbocycles. The summed E-state index contributed by atoms with van der Waals surface area (Å²) in [5.41, 5.74) is 6.02. The van der Waals surface area contributed by atoms with Crippen LogP contribution < -0.4 is 20.9 Å². The summed E-state index contributed by atoms with van der Waals surface area (Å²) in [5, 5.41) is 3.79. The van der Waals surface area contributed by atoms with E-state index in [4.69, 9.17) is 17.0 Å². The fourth-order valence-corrected chi connectivity index (χ4v) is 3.42. The lowest BCUT2D eigenvalue weighted by Gasteiger charge is -2.35. The number of carbonyl (C=O) groups excluding carboxylic acids is 1. The Balaban J connectivity index is 1.76. The topological polar surface area (TPSA) is 62.4 Å². The molecule has 1 aliphatic rings. The summed E-state index contributed by atoms with van der Waals surface area (Å²) in [6, 6.07) is 7.48. The Bertz CT molecular complexity index is 591. The van der Waals surface area contributed by atoms with Crippen molar-refractivity contribution in [2.75, 3.05) is 6.61 Å². The Morgan fingerprint density at radius 1 is 1.19 bits per heavy atom. The summed E-state index contributed by atoms with van der Waals surface area (Å²) in [4.78, 5) is 12.2. The van der Waals surface area contributed by atoms with Crippen molar-refractivity contribution in [1.29, 1.82) is 0 Å². The van der Waals surface area contributed by atoms with E-state index < -0.39 is 0 Å². The number of rotatable bonds is 6. The second-order valence-electron chi connectivity index (χ2n) is 7.15. The van der Waals surface area contributed by atoms with Gasteiger partial charge in [0.25, 0.3) is 5.91 Å². The minimum absolute atomic E-state index is 0.223. The van der Waals surface area contributed by atoms with E-state index in [0.29, 0.717) is 35.2 Å². The number of unbranched alkanes of at least 4 members (excludes halogenated alkanes) is 1. The molecule has 0 unspecified atom stereocenters. The smallest absolute Gasteiger partial charge is 0.269 e. The van der Waals surface area contributed by atoms with Crippen molar-refractivity contribution in [3.05, 3.63) is 29.8 Å². The molecule has 0 spiro atoms. The number of benzene rings is 1. The van der Waals surface area contributed by atoms with Gasteiger partial charge in [0.1, 0.15) is 5.75 Å². The van der Waals surface area contributed by atoms with Crippen LogP contribution in [0, 0.1) is 11.8 Å². The number of hydrazine groups is 1. The molecule has 0 saturated heterocycles. The molecule has 3 N–H and O–H groups in total. The highest BCUT2D eigenvalue weighted by Gasteiger charge is 2.27. The van der Waals surface area contributed by atoms with Crippen molar-refractivity contribution in [1.82, 2.24) is 16.2 Å². The van der Waals surface area contributed by atoms with Gasteiger partial charge in [-0.1, -0.05) is 40.0 Å². The van der Waals surface area contributed by atoms with Gasteiger partial charge in [-0.25, -0.2) is 0 Å². The maximum atomic E-state index is 12.2. The highest BCUT2D eigenvalue weighted by Crippen LogP contribution is 2.29. The van der Waals surface area contributed by atoms with Crippen LogP contribution >= 0.6 is 12.2 Å². The molecule has 2 rings (SSSR count). The van der Waals surface area contributed by atoms with Crippen LogP contribution in [0.5, 0.6) is 5.75 Å². The van der Waals surface area contributed by atoms with Gasteiger partial charge in [0.05, 0.1) is 6.61 Å². The number of nitrogens with one attached hydrogen (secondary N) is 3. The van der Waals surface area contributed by atoms with Crippen molar-refractivity contribution < 1.29 is 9.53 Å². The standard InChI is InChI=1S/C20H31N3O2S/c1-4-5-13-25-17-11-9-16(10-12-17)19(24)22-23-20(26)21-18-8-6-7-14(2)15(18)3/h9-12,14-15,18H,4-8,13H2,1-3H3,(H,22,24)(H2,21,23,26)/t14-,15+,18+/m1/s1. The molecule has 0 aliphatic heterocycles. The first-order chi connectivity index (χ1) is 12.5. The predicted molar refractivity (Wildman–Crippen MR) is 109 cm³/mol. The van der Waals surface area contributed by atoms with Crippen LogP contribution in [0.3, 0.4) is 0 Å². The van der Waals surface area contributed by atoms with Gasteiger partial charge in [0.2, 0.25) is 0 Å². The lowest BCUT2D eigenvalue weighted by Crippen LogP contribution is -2.52. The van der Waals surface area contributed by atoms with Gasteiger partial charge in [-0.15, -0.1) is 0 Å². The Labute approximate surface area is 162 Å². The van der Waals surface area contributed by atoms with Crippen LogP contribution in [0.1, 0.15) is 63.2 Å². The zero-order chi connectivity index (χ0) is 18.9. The van der Waals surface area contributed by atoms with Gasteiger partial charge in [-0.3, -0.25) is 15.6 Å². The first-order valence-corrected chi connectivity index (χ1v) is 10.0. The lowest BCUT2D eigenvalue weighted by atomic mass is 9.78. The number of hydrogen-bond donors (Lipinski definition) is 3. The third kappa shape index (κ3) is 6.16. The molecule has 1 saturated carbocycles. The molecule has 5 nitrogen and oxygen atoms in total. The van der Waals surface area contributed by atoms with Crippen LogP contribution in [0.25, 0.3) is 0 Å². The predicted octanol–water partition coefficient (Wildman–Crippen LogP) is 3.80. The van der Waals surface area contributed by atoms with Crippen molar-refractivity contribution in [3.8, 4) is 5.75 Å². The number of carbonyl (C=O) groups is 1. The molecule has 26 heavy (non-hydrogen) atoms. The third-order valence-corrected chi connectivity index (χ3v) is 5.42. The molecular weight excluding hydrogens is 346 g/mol. The average Bonchev–Trinajstić information content (AvgIpc) is 2.64. The van der Waals surface area contributed by atoms with Gasteiger partial charge >= 0.3 is 0 Å².